The summed E-state index contributed by atoms with van der Waals surface area (Å²) >= 11 is 2.04. The molecule has 0 spiro atoms. The second-order valence-electron chi connectivity index (χ2n) is 12.6. The quantitative estimate of drug-likeness (QED) is 0.381. The van der Waals surface area contributed by atoms with Gasteiger partial charge in [-0.3, -0.25) is 0 Å². The molecule has 0 N–H and O–H groups in total. The normalized spacial score (nSPS) is 22.8. The Morgan fingerprint density at radius 2 is 0.838 bits per heavy atom. The summed E-state index contributed by atoms with van der Waals surface area (Å²) in [5.41, 5.74) is 1.40. The molecule has 0 atom stereocenters. The van der Waals surface area contributed by atoms with E-state index >= 15 is 0 Å². The number of thiophene rings is 1. The highest BCUT2D eigenvalue weighted by atomic mass is 32.1. The molecule has 0 aliphatic heterocycles. The third-order valence-electron chi connectivity index (χ3n) is 9.45. The first-order valence-corrected chi connectivity index (χ1v) is 17.6. The predicted octanol–water partition coefficient (Wildman–Crippen LogP) is 12.6. The van der Waals surface area contributed by atoms with Gasteiger partial charge in [0.1, 0.15) is 4.83 Å². The zero-order chi connectivity index (χ0) is 25.4. The van der Waals surface area contributed by atoms with Gasteiger partial charge in [-0.2, -0.15) is 0 Å². The van der Waals surface area contributed by atoms with Crippen molar-refractivity contribution in [2.45, 2.75) is 179 Å². The second-order valence-corrected chi connectivity index (χ2v) is 13.7. The summed E-state index contributed by atoms with van der Waals surface area (Å²) in [6.45, 7) is 0. The minimum atomic E-state index is 0.675. The first kappa shape index (κ1) is 29.1. The van der Waals surface area contributed by atoms with E-state index in [1.807, 2.05) is 11.3 Å². The predicted molar refractivity (Wildman–Crippen MR) is 165 cm³/mol. The molecule has 2 fully saturated rings. The van der Waals surface area contributed by atoms with Gasteiger partial charge in [-0.05, 0) is 43.7 Å². The molecular formula is C35H57NS. The molecule has 2 saturated carbocycles. The topological polar surface area (TPSA) is 12.9 Å². The second kappa shape index (κ2) is 17.6. The van der Waals surface area contributed by atoms with E-state index in [1.165, 1.54) is 183 Å². The number of hydrogen-bond donors (Lipinski definition) is 0. The van der Waals surface area contributed by atoms with Crippen LogP contribution in [0.1, 0.15) is 189 Å². The number of nitrogens with zero attached hydrogens (tertiary/aromatic N) is 1. The van der Waals surface area contributed by atoms with E-state index < -0.39 is 0 Å². The first-order chi connectivity index (χ1) is 18.4. The number of rotatable bonds is 2. The highest BCUT2D eigenvalue weighted by Crippen LogP contribution is 2.38. The van der Waals surface area contributed by atoms with Gasteiger partial charge < -0.3 is 0 Å². The van der Waals surface area contributed by atoms with Crippen molar-refractivity contribution >= 4 is 21.6 Å². The molecule has 2 heterocycles. The lowest BCUT2D eigenvalue weighted by Gasteiger charge is -2.16. The number of pyridine rings is 1. The number of hydrogen-bond acceptors (Lipinski definition) is 2. The lowest BCUT2D eigenvalue weighted by Crippen LogP contribution is -2.02. The molecule has 37 heavy (non-hydrogen) atoms. The largest absolute Gasteiger partial charge is 0.242 e. The molecule has 0 unspecified atom stereocenters. The molecule has 0 bridgehead atoms. The van der Waals surface area contributed by atoms with Crippen LogP contribution in [0.4, 0.5) is 0 Å². The van der Waals surface area contributed by atoms with Crippen LogP contribution in [0.15, 0.2) is 18.2 Å². The highest BCUT2D eigenvalue weighted by Gasteiger charge is 2.18. The fraction of sp³-hybridized carbons (Fsp3) is 0.800. The van der Waals surface area contributed by atoms with Crippen molar-refractivity contribution < 1.29 is 0 Å². The molecule has 0 saturated heterocycles. The molecular weight excluding hydrogens is 466 g/mol. The summed E-state index contributed by atoms with van der Waals surface area (Å²) in [4.78, 5) is 8.32. The summed E-state index contributed by atoms with van der Waals surface area (Å²) in [6.07, 6.45) is 37.2. The molecule has 2 heteroatoms. The van der Waals surface area contributed by atoms with Gasteiger partial charge in [0.15, 0.2) is 0 Å². The van der Waals surface area contributed by atoms with Crippen LogP contribution >= 0.6 is 11.3 Å². The Balaban J connectivity index is 1.41. The average molecular weight is 524 g/mol. The van der Waals surface area contributed by atoms with Crippen molar-refractivity contribution in [3.8, 4) is 0 Å². The van der Waals surface area contributed by atoms with Gasteiger partial charge in [-0.1, -0.05) is 147 Å². The SMILES string of the molecule is c1cc2cc(C3CCCCCCCCCCCCCC3)sc2nc1C1CCCCCCCCCCCC1. The van der Waals surface area contributed by atoms with Crippen LogP contribution in [0.2, 0.25) is 0 Å². The summed E-state index contributed by atoms with van der Waals surface area (Å²) in [5, 5.41) is 1.41. The molecule has 1 nitrogen and oxygen atoms in total. The average Bonchev–Trinajstić information content (AvgIpc) is 3.34. The number of fused-ring (bicyclic) bond motifs is 1. The van der Waals surface area contributed by atoms with Gasteiger partial charge in [0.25, 0.3) is 0 Å². The van der Waals surface area contributed by atoms with Crippen LogP contribution in [0, 0.1) is 0 Å². The molecule has 0 aromatic carbocycles. The fourth-order valence-corrected chi connectivity index (χ4v) is 8.20. The van der Waals surface area contributed by atoms with E-state index in [9.17, 15) is 0 Å². The Hall–Kier alpha value is -0.890. The molecule has 4 rings (SSSR count). The van der Waals surface area contributed by atoms with E-state index in [0.717, 1.165) is 5.92 Å². The fourth-order valence-electron chi connectivity index (χ4n) is 6.99. The van der Waals surface area contributed by atoms with Crippen LogP contribution < -0.4 is 0 Å². The number of aromatic nitrogens is 1. The van der Waals surface area contributed by atoms with Crippen LogP contribution in [0.5, 0.6) is 0 Å². The smallest absolute Gasteiger partial charge is 0.123 e. The molecule has 0 amide bonds. The maximum Gasteiger partial charge on any atom is 0.123 e. The van der Waals surface area contributed by atoms with Crippen molar-refractivity contribution in [2.24, 2.45) is 0 Å². The van der Waals surface area contributed by atoms with Crippen molar-refractivity contribution in [1.82, 2.24) is 4.98 Å². The van der Waals surface area contributed by atoms with Crippen LogP contribution in [0.25, 0.3) is 10.2 Å². The van der Waals surface area contributed by atoms with Gasteiger partial charge in [0.2, 0.25) is 0 Å². The maximum atomic E-state index is 5.36. The molecule has 0 radical (unpaired) electrons. The Labute approximate surface area is 233 Å². The molecule has 208 valence electrons. The van der Waals surface area contributed by atoms with Crippen molar-refractivity contribution in [3.05, 3.63) is 28.8 Å². The van der Waals surface area contributed by atoms with Crippen molar-refractivity contribution in [3.63, 3.8) is 0 Å². The molecule has 2 aromatic rings. The van der Waals surface area contributed by atoms with Gasteiger partial charge in [-0.25, -0.2) is 4.98 Å². The molecule has 2 aliphatic rings. The van der Waals surface area contributed by atoms with Gasteiger partial charge in [0, 0.05) is 21.9 Å². The maximum absolute atomic E-state index is 5.36. The zero-order valence-corrected chi connectivity index (χ0v) is 24.9. The summed E-state index contributed by atoms with van der Waals surface area (Å²) in [7, 11) is 0. The van der Waals surface area contributed by atoms with Crippen molar-refractivity contribution in [1.29, 1.82) is 0 Å². The van der Waals surface area contributed by atoms with Gasteiger partial charge in [-0.15, -0.1) is 11.3 Å². The van der Waals surface area contributed by atoms with Crippen molar-refractivity contribution in [2.75, 3.05) is 0 Å². The van der Waals surface area contributed by atoms with Crippen LogP contribution in [-0.4, -0.2) is 4.98 Å². The van der Waals surface area contributed by atoms with Crippen LogP contribution in [0.3, 0.4) is 0 Å². The Morgan fingerprint density at radius 1 is 0.459 bits per heavy atom. The lowest BCUT2D eigenvalue weighted by atomic mass is 9.91. The first-order valence-electron chi connectivity index (χ1n) is 16.8. The van der Waals surface area contributed by atoms with Crippen LogP contribution in [-0.2, 0) is 0 Å². The monoisotopic (exact) mass is 523 g/mol. The summed E-state index contributed by atoms with van der Waals surface area (Å²) in [6, 6.07) is 7.35. The Morgan fingerprint density at radius 3 is 1.27 bits per heavy atom. The lowest BCUT2D eigenvalue weighted by molar-refractivity contribution is 0.494. The van der Waals surface area contributed by atoms with Gasteiger partial charge >= 0.3 is 0 Å². The van der Waals surface area contributed by atoms with E-state index in [2.05, 4.69) is 18.2 Å². The van der Waals surface area contributed by atoms with Gasteiger partial charge in [0.05, 0.1) is 0 Å². The molecule has 2 aromatic heterocycles. The third kappa shape index (κ3) is 10.7. The standard InChI is InChI=1S/C35H57NS/c1-2-4-10-14-18-22-26-31(25-21-17-13-9-3-1)34-29-32-27-28-33(36-35(32)37-34)30-23-19-15-11-7-5-6-8-12-16-20-24-30/h27-31H,1-26H2. The highest BCUT2D eigenvalue weighted by molar-refractivity contribution is 7.18. The molecule has 2 aliphatic carbocycles. The Bertz CT molecular complexity index is 824. The van der Waals surface area contributed by atoms with E-state index in [0.29, 0.717) is 5.92 Å². The van der Waals surface area contributed by atoms with E-state index in [4.69, 9.17) is 4.98 Å². The van der Waals surface area contributed by atoms with E-state index in [-0.39, 0.29) is 0 Å². The minimum absolute atomic E-state index is 0.675. The summed E-state index contributed by atoms with van der Waals surface area (Å²) < 4.78 is 0. The summed E-state index contributed by atoms with van der Waals surface area (Å²) in [5.74, 6) is 1.44. The minimum Gasteiger partial charge on any atom is -0.242 e. The zero-order valence-electron chi connectivity index (χ0n) is 24.1. The van der Waals surface area contributed by atoms with E-state index in [1.54, 1.807) is 4.88 Å². The third-order valence-corrected chi connectivity index (χ3v) is 10.7. The Kier molecular flexibility index (Phi) is 13.9.